The van der Waals surface area contributed by atoms with Crippen molar-refractivity contribution in [2.45, 2.75) is 24.2 Å². The van der Waals surface area contributed by atoms with Crippen molar-refractivity contribution in [1.82, 2.24) is 9.71 Å². The molecule has 110 valence electrons. The highest BCUT2D eigenvalue weighted by molar-refractivity contribution is 7.89. The highest BCUT2D eigenvalue weighted by atomic mass is 32.2. The molecule has 0 fully saturated rings. The normalized spacial score (nSPS) is 12.1. The van der Waals surface area contributed by atoms with E-state index in [4.69, 9.17) is 10.8 Å². The molecule has 0 radical (unpaired) electrons. The summed E-state index contributed by atoms with van der Waals surface area (Å²) in [5, 5.41) is 9.29. The predicted molar refractivity (Wildman–Crippen MR) is 78.8 cm³/mol. The molecular weight excluding hydrogens is 278 g/mol. The van der Waals surface area contributed by atoms with E-state index in [9.17, 15) is 8.42 Å². The zero-order valence-electron chi connectivity index (χ0n) is 11.1. The molecule has 6 nitrogen and oxygen atoms in total. The summed E-state index contributed by atoms with van der Waals surface area (Å²) in [6.07, 6.45) is 3.66. The van der Waals surface area contributed by atoms with Crippen LogP contribution in [0.1, 0.15) is 19.3 Å². The van der Waals surface area contributed by atoms with E-state index in [1.165, 1.54) is 6.20 Å². The van der Waals surface area contributed by atoms with Crippen LogP contribution in [0.3, 0.4) is 0 Å². The minimum absolute atomic E-state index is 0.136. The Balaban J connectivity index is 2.11. The quantitative estimate of drug-likeness (QED) is 0.454. The SMILES string of the molecule is Nc1ccc2c(S(=O)(=O)NCCCCCO)c[nH]c2c1. The third kappa shape index (κ3) is 3.30. The van der Waals surface area contributed by atoms with Gasteiger partial charge >= 0.3 is 0 Å². The van der Waals surface area contributed by atoms with Gasteiger partial charge in [-0.1, -0.05) is 0 Å². The molecule has 0 unspecified atom stereocenters. The van der Waals surface area contributed by atoms with Gasteiger partial charge in [0.15, 0.2) is 0 Å². The number of sulfonamides is 1. The van der Waals surface area contributed by atoms with E-state index in [0.29, 0.717) is 36.0 Å². The molecule has 0 aliphatic heterocycles. The number of unbranched alkanes of at least 4 members (excludes halogenated alkanes) is 2. The highest BCUT2D eigenvalue weighted by Gasteiger charge is 2.18. The number of aliphatic hydroxyl groups excluding tert-OH is 1. The number of fused-ring (bicyclic) bond motifs is 1. The number of rotatable bonds is 7. The first-order chi connectivity index (χ1) is 9.54. The molecule has 5 N–H and O–H groups in total. The van der Waals surface area contributed by atoms with Crippen molar-refractivity contribution < 1.29 is 13.5 Å². The van der Waals surface area contributed by atoms with Gasteiger partial charge in [-0.25, -0.2) is 13.1 Å². The summed E-state index contributed by atoms with van der Waals surface area (Å²) in [5.74, 6) is 0. The second kappa shape index (κ2) is 6.25. The van der Waals surface area contributed by atoms with Gasteiger partial charge in [-0.3, -0.25) is 0 Å². The molecule has 20 heavy (non-hydrogen) atoms. The Morgan fingerprint density at radius 1 is 1.25 bits per heavy atom. The second-order valence-corrected chi connectivity index (χ2v) is 6.38. The zero-order chi connectivity index (χ0) is 14.6. The van der Waals surface area contributed by atoms with Crippen LogP contribution in [-0.2, 0) is 10.0 Å². The lowest BCUT2D eigenvalue weighted by molar-refractivity contribution is 0.283. The maximum Gasteiger partial charge on any atom is 0.242 e. The molecule has 0 amide bonds. The van der Waals surface area contributed by atoms with E-state index in [-0.39, 0.29) is 11.5 Å². The van der Waals surface area contributed by atoms with Crippen LogP contribution in [0.25, 0.3) is 10.9 Å². The third-order valence-corrected chi connectivity index (χ3v) is 4.59. The minimum atomic E-state index is -3.53. The lowest BCUT2D eigenvalue weighted by Crippen LogP contribution is -2.24. The van der Waals surface area contributed by atoms with Gasteiger partial charge < -0.3 is 15.8 Å². The summed E-state index contributed by atoms with van der Waals surface area (Å²) >= 11 is 0. The number of aromatic amines is 1. The molecule has 0 aliphatic carbocycles. The Bertz CT molecular complexity index is 679. The number of nitrogen functional groups attached to an aromatic ring is 1. The average molecular weight is 297 g/mol. The molecule has 0 saturated heterocycles. The molecule has 0 aliphatic rings. The summed E-state index contributed by atoms with van der Waals surface area (Å²) in [4.78, 5) is 3.14. The molecule has 2 rings (SSSR count). The number of nitrogens with one attached hydrogen (secondary N) is 2. The molecule has 0 spiro atoms. The Labute approximate surface area is 118 Å². The number of aromatic nitrogens is 1. The number of benzene rings is 1. The average Bonchev–Trinajstić information content (AvgIpc) is 2.82. The number of H-pyrrole nitrogens is 1. The van der Waals surface area contributed by atoms with Gasteiger partial charge in [0.1, 0.15) is 4.90 Å². The van der Waals surface area contributed by atoms with Crippen LogP contribution >= 0.6 is 0 Å². The topological polar surface area (TPSA) is 108 Å². The molecule has 1 heterocycles. The molecular formula is C13H19N3O3S. The molecule has 0 saturated carbocycles. The Morgan fingerprint density at radius 2 is 2.05 bits per heavy atom. The lowest BCUT2D eigenvalue weighted by Gasteiger charge is -2.05. The molecule has 0 bridgehead atoms. The lowest BCUT2D eigenvalue weighted by atomic mass is 10.2. The van der Waals surface area contributed by atoms with E-state index in [1.54, 1.807) is 18.2 Å². The van der Waals surface area contributed by atoms with Crippen molar-refractivity contribution in [3.63, 3.8) is 0 Å². The van der Waals surface area contributed by atoms with Crippen LogP contribution in [0, 0.1) is 0 Å². The van der Waals surface area contributed by atoms with Gasteiger partial charge in [-0.05, 0) is 37.5 Å². The van der Waals surface area contributed by atoms with Crippen LogP contribution < -0.4 is 10.5 Å². The fraction of sp³-hybridized carbons (Fsp3) is 0.385. The predicted octanol–water partition coefficient (Wildman–Crippen LogP) is 1.19. The summed E-state index contributed by atoms with van der Waals surface area (Å²) in [7, 11) is -3.53. The van der Waals surface area contributed by atoms with Gasteiger partial charge in [-0.15, -0.1) is 0 Å². The maximum atomic E-state index is 12.2. The smallest absolute Gasteiger partial charge is 0.242 e. The Kier molecular flexibility index (Phi) is 4.64. The Hall–Kier alpha value is -1.57. The molecule has 7 heteroatoms. The summed E-state index contributed by atoms with van der Waals surface area (Å²) in [6, 6.07) is 5.08. The zero-order valence-corrected chi connectivity index (χ0v) is 11.9. The van der Waals surface area contributed by atoms with E-state index in [1.807, 2.05) is 0 Å². The van der Waals surface area contributed by atoms with Gasteiger partial charge in [0.25, 0.3) is 0 Å². The first-order valence-corrected chi connectivity index (χ1v) is 8.00. The fourth-order valence-corrected chi connectivity index (χ4v) is 3.29. The van der Waals surface area contributed by atoms with E-state index in [0.717, 1.165) is 6.42 Å². The van der Waals surface area contributed by atoms with Gasteiger partial charge in [0, 0.05) is 35.9 Å². The van der Waals surface area contributed by atoms with Gasteiger partial charge in [-0.2, -0.15) is 0 Å². The monoisotopic (exact) mass is 297 g/mol. The molecule has 1 aromatic carbocycles. The number of hydrogen-bond donors (Lipinski definition) is 4. The molecule has 2 aromatic rings. The number of anilines is 1. The van der Waals surface area contributed by atoms with Crippen molar-refractivity contribution in [3.8, 4) is 0 Å². The van der Waals surface area contributed by atoms with Crippen LogP contribution in [0.5, 0.6) is 0 Å². The maximum absolute atomic E-state index is 12.2. The first kappa shape index (κ1) is 14.8. The van der Waals surface area contributed by atoms with Crippen molar-refractivity contribution >= 4 is 26.6 Å². The Morgan fingerprint density at radius 3 is 2.80 bits per heavy atom. The summed E-state index contributed by atoms with van der Waals surface area (Å²) in [6.45, 7) is 0.501. The van der Waals surface area contributed by atoms with Gasteiger partial charge in [0.2, 0.25) is 10.0 Å². The van der Waals surface area contributed by atoms with E-state index >= 15 is 0 Å². The summed E-state index contributed by atoms with van der Waals surface area (Å²) < 4.78 is 27.0. The van der Waals surface area contributed by atoms with Crippen LogP contribution in [-0.4, -0.2) is 31.7 Å². The van der Waals surface area contributed by atoms with Crippen LogP contribution in [0.2, 0.25) is 0 Å². The molecule has 1 aromatic heterocycles. The summed E-state index contributed by atoms with van der Waals surface area (Å²) in [5.41, 5.74) is 6.95. The number of nitrogens with two attached hydrogens (primary N) is 1. The fourth-order valence-electron chi connectivity index (χ4n) is 2.04. The second-order valence-electron chi connectivity index (χ2n) is 4.64. The third-order valence-electron chi connectivity index (χ3n) is 3.08. The van der Waals surface area contributed by atoms with Crippen LogP contribution in [0.15, 0.2) is 29.3 Å². The van der Waals surface area contributed by atoms with Gasteiger partial charge in [0.05, 0.1) is 0 Å². The van der Waals surface area contributed by atoms with Crippen molar-refractivity contribution in [3.05, 3.63) is 24.4 Å². The van der Waals surface area contributed by atoms with Crippen molar-refractivity contribution in [2.75, 3.05) is 18.9 Å². The highest BCUT2D eigenvalue weighted by Crippen LogP contribution is 2.24. The molecule has 0 atom stereocenters. The van der Waals surface area contributed by atoms with E-state index in [2.05, 4.69) is 9.71 Å². The van der Waals surface area contributed by atoms with E-state index < -0.39 is 10.0 Å². The largest absolute Gasteiger partial charge is 0.399 e. The number of aliphatic hydroxyl groups is 1. The van der Waals surface area contributed by atoms with Crippen molar-refractivity contribution in [2.24, 2.45) is 0 Å². The number of hydrogen-bond acceptors (Lipinski definition) is 4. The standard InChI is InChI=1S/C13H19N3O3S/c14-10-4-5-11-12(8-10)15-9-13(11)20(18,19)16-6-2-1-3-7-17/h4-5,8-9,15-17H,1-3,6-7,14H2. The minimum Gasteiger partial charge on any atom is -0.399 e. The van der Waals surface area contributed by atoms with Crippen LogP contribution in [0.4, 0.5) is 5.69 Å². The first-order valence-electron chi connectivity index (χ1n) is 6.52. The van der Waals surface area contributed by atoms with Crippen molar-refractivity contribution in [1.29, 1.82) is 0 Å².